The summed E-state index contributed by atoms with van der Waals surface area (Å²) in [6.07, 6.45) is 2.41. The minimum Gasteiger partial charge on any atom is -0.147 e. The van der Waals surface area contributed by atoms with E-state index in [0.717, 1.165) is 0 Å². The van der Waals surface area contributed by atoms with Crippen LogP contribution in [0.15, 0.2) is 35.9 Å². The van der Waals surface area contributed by atoms with Gasteiger partial charge in [-0.25, -0.2) is 0 Å². The Labute approximate surface area is 186 Å². The van der Waals surface area contributed by atoms with Crippen molar-refractivity contribution in [2.45, 2.75) is 31.3 Å². The Hall–Kier alpha value is 0.526. The first-order chi connectivity index (χ1) is 9.52. The first-order valence-corrected chi connectivity index (χ1v) is 8.52. The number of fused-ring (bicyclic) bond motifs is 1. The fourth-order valence-corrected chi connectivity index (χ4v) is 4.37. The van der Waals surface area contributed by atoms with Gasteiger partial charge in [0.15, 0.2) is 0 Å². The second kappa shape index (κ2) is 9.29. The van der Waals surface area contributed by atoms with E-state index in [1.165, 1.54) is 39.0 Å². The Kier molecular flexibility index (Phi) is 9.50. The van der Waals surface area contributed by atoms with Crippen LogP contribution in [0, 0.1) is 20.8 Å². The van der Waals surface area contributed by atoms with Crippen LogP contribution in [0.4, 0.5) is 0 Å². The minimum absolute atomic E-state index is 0. The summed E-state index contributed by atoms with van der Waals surface area (Å²) in [6.45, 7) is 9.11. The molecular formula is C19H21Cl2Zr2. The molecule has 2 aromatic carbocycles. The maximum absolute atomic E-state index is 2.41. The first kappa shape index (κ1) is 23.5. The number of allylic oxidation sites excluding steroid dienone is 1. The van der Waals surface area contributed by atoms with E-state index in [-0.39, 0.29) is 51.0 Å². The normalized spacial score (nSPS) is 14.7. The molecule has 0 nitrogen and oxygen atoms in total. The molecule has 0 aromatic heterocycles. The van der Waals surface area contributed by atoms with Crippen molar-refractivity contribution in [3.8, 4) is 11.1 Å². The van der Waals surface area contributed by atoms with E-state index in [1.807, 2.05) is 0 Å². The molecule has 0 N–H and O–H groups in total. The molecule has 0 spiro atoms. The smallest absolute Gasteiger partial charge is 0 e. The summed E-state index contributed by atoms with van der Waals surface area (Å²) in [5.41, 5.74) is 11.7. The van der Waals surface area contributed by atoms with Crippen LogP contribution in [0.5, 0.6) is 0 Å². The van der Waals surface area contributed by atoms with Gasteiger partial charge in [0.2, 0.25) is 0 Å². The molecule has 2 aromatic rings. The van der Waals surface area contributed by atoms with Crippen LogP contribution in [-0.4, -0.2) is 0 Å². The van der Waals surface area contributed by atoms with Crippen LogP contribution in [0.25, 0.3) is 17.2 Å². The predicted molar refractivity (Wildman–Crippen MR) is 97.0 cm³/mol. The van der Waals surface area contributed by atoms with Crippen molar-refractivity contribution >= 4 is 30.9 Å². The van der Waals surface area contributed by atoms with E-state index in [9.17, 15) is 0 Å². The maximum atomic E-state index is 2.41. The van der Waals surface area contributed by atoms with Gasteiger partial charge in [-0.3, -0.25) is 0 Å². The summed E-state index contributed by atoms with van der Waals surface area (Å²) in [7, 11) is 0. The minimum atomic E-state index is 0. The van der Waals surface area contributed by atoms with Gasteiger partial charge in [-0.2, -0.15) is 0 Å². The van der Waals surface area contributed by atoms with Crippen LogP contribution in [0.1, 0.15) is 38.4 Å². The van der Waals surface area contributed by atoms with Gasteiger partial charge in [0, 0.05) is 26.2 Å². The largest absolute Gasteiger partial charge is 0.147 e. The molecule has 0 aliphatic heterocycles. The Balaban J connectivity index is 0.00000161. The topological polar surface area (TPSA) is 0 Å². The molecule has 0 saturated carbocycles. The monoisotopic (exact) mass is 499 g/mol. The third kappa shape index (κ3) is 4.03. The Morgan fingerprint density at radius 2 is 1.39 bits per heavy atom. The molecule has 0 fully saturated rings. The molecule has 4 heteroatoms. The van der Waals surface area contributed by atoms with Crippen molar-refractivity contribution in [2.75, 3.05) is 0 Å². The van der Waals surface area contributed by atoms with Crippen molar-refractivity contribution in [1.82, 2.24) is 0 Å². The third-order valence-corrected chi connectivity index (χ3v) is 6.47. The van der Waals surface area contributed by atoms with Crippen LogP contribution in [0.3, 0.4) is 0 Å². The molecule has 0 heterocycles. The fraction of sp³-hybridized carbons (Fsp3) is 0.263. The molecular weight excluding hydrogens is 482 g/mol. The Morgan fingerprint density at radius 1 is 0.826 bits per heavy atom. The van der Waals surface area contributed by atoms with Crippen molar-refractivity contribution in [1.29, 1.82) is 0 Å². The van der Waals surface area contributed by atoms with E-state index >= 15 is 0 Å². The SMILES string of the molecule is CC1=Cc2c(-c3ccccc3)c(C)c(C)c(C)c2[CH]1[Zr].Cl.Cl.[Zr]. The average molecular weight is 503 g/mol. The van der Waals surface area contributed by atoms with Crippen LogP contribution < -0.4 is 0 Å². The molecule has 119 valence electrons. The predicted octanol–water partition coefficient (Wildman–Crippen LogP) is 6.12. The van der Waals surface area contributed by atoms with Gasteiger partial charge in [-0.15, -0.1) is 24.8 Å². The number of halogens is 2. The molecule has 0 bridgehead atoms. The summed E-state index contributed by atoms with van der Waals surface area (Å²) in [4.78, 5) is 0. The summed E-state index contributed by atoms with van der Waals surface area (Å²) < 4.78 is 0.638. The van der Waals surface area contributed by atoms with Gasteiger partial charge in [-0.05, 0) is 0 Å². The Bertz CT molecular complexity index is 722. The maximum Gasteiger partial charge on any atom is 0 e. The summed E-state index contributed by atoms with van der Waals surface area (Å²) in [5.74, 6) is 0. The second-order valence-corrected chi connectivity index (χ2v) is 7.18. The fourth-order valence-electron chi connectivity index (χ4n) is 3.25. The van der Waals surface area contributed by atoms with Crippen LogP contribution >= 0.6 is 24.8 Å². The Morgan fingerprint density at radius 3 is 1.96 bits per heavy atom. The standard InChI is InChI=1S/C19H19.2ClH.2Zr/c1-12-10-17-14(3)13(2)15(4)19(18(17)11-12)16-8-6-5-7-9-16;;;;/h5-11H,1-4H3;2*1H;;. The summed E-state index contributed by atoms with van der Waals surface area (Å²) >= 11 is 1.60. The van der Waals surface area contributed by atoms with Gasteiger partial charge < -0.3 is 0 Å². The van der Waals surface area contributed by atoms with Gasteiger partial charge >= 0.3 is 137 Å². The van der Waals surface area contributed by atoms with Gasteiger partial charge in [-0.1, -0.05) is 0 Å². The van der Waals surface area contributed by atoms with E-state index < -0.39 is 0 Å². The summed E-state index contributed by atoms with van der Waals surface area (Å²) in [6, 6.07) is 10.8. The van der Waals surface area contributed by atoms with Gasteiger partial charge in [0.05, 0.1) is 0 Å². The molecule has 1 unspecified atom stereocenters. The molecule has 1 aliphatic carbocycles. The molecule has 0 amide bonds. The van der Waals surface area contributed by atoms with Gasteiger partial charge in [0.1, 0.15) is 0 Å². The molecule has 23 heavy (non-hydrogen) atoms. The quantitative estimate of drug-likeness (QED) is 0.440. The van der Waals surface area contributed by atoms with Crippen molar-refractivity contribution in [3.05, 3.63) is 63.7 Å². The number of rotatable bonds is 1. The zero-order valence-electron chi connectivity index (χ0n) is 13.9. The van der Waals surface area contributed by atoms with E-state index in [4.69, 9.17) is 0 Å². The molecule has 1 atom stereocenters. The average Bonchev–Trinajstić information content (AvgIpc) is 2.74. The zero-order chi connectivity index (χ0) is 14.4. The van der Waals surface area contributed by atoms with Crippen molar-refractivity contribution in [3.63, 3.8) is 0 Å². The van der Waals surface area contributed by atoms with Crippen molar-refractivity contribution in [2.24, 2.45) is 0 Å². The van der Waals surface area contributed by atoms with Crippen LogP contribution in [-0.2, 0) is 50.9 Å². The second-order valence-electron chi connectivity index (χ2n) is 5.76. The number of benzene rings is 2. The summed E-state index contributed by atoms with van der Waals surface area (Å²) in [5, 5.41) is 0. The first-order valence-electron chi connectivity index (χ1n) is 7.10. The molecule has 0 saturated heterocycles. The number of hydrogen-bond acceptors (Lipinski definition) is 0. The van der Waals surface area contributed by atoms with E-state index in [2.05, 4.69) is 64.1 Å². The molecule has 3 rings (SSSR count). The van der Waals surface area contributed by atoms with Crippen LogP contribution in [0.2, 0.25) is 0 Å². The molecule has 0 radical (unpaired) electrons. The number of hydrogen-bond donors (Lipinski definition) is 0. The molecule has 1 aliphatic rings. The van der Waals surface area contributed by atoms with Crippen molar-refractivity contribution < 1.29 is 50.9 Å². The third-order valence-electron chi connectivity index (χ3n) is 4.64. The van der Waals surface area contributed by atoms with E-state index in [0.29, 0.717) is 3.63 Å². The zero-order valence-corrected chi connectivity index (χ0v) is 20.4. The van der Waals surface area contributed by atoms with Gasteiger partial charge in [0.25, 0.3) is 0 Å². The van der Waals surface area contributed by atoms with E-state index in [1.54, 1.807) is 30.3 Å².